The molecule has 0 saturated carbocycles. The minimum absolute atomic E-state index is 0.0105. The van der Waals surface area contributed by atoms with E-state index in [-0.39, 0.29) is 24.1 Å². The highest BCUT2D eigenvalue weighted by molar-refractivity contribution is 7.99. The zero-order chi connectivity index (χ0) is 22.8. The molecule has 3 N–H and O–H groups in total. The van der Waals surface area contributed by atoms with E-state index in [9.17, 15) is 9.59 Å². The number of ketones is 1. The van der Waals surface area contributed by atoms with Crippen molar-refractivity contribution >= 4 is 29.4 Å². The Labute approximate surface area is 189 Å². The van der Waals surface area contributed by atoms with Crippen molar-refractivity contribution in [3.8, 4) is 11.5 Å². The molecule has 1 saturated heterocycles. The molecule has 1 amide bonds. The molecule has 7 nitrogen and oxygen atoms in total. The number of rotatable bonds is 10. The van der Waals surface area contributed by atoms with Crippen LogP contribution in [-0.2, 0) is 16.0 Å². The van der Waals surface area contributed by atoms with E-state index in [1.165, 1.54) is 0 Å². The number of carbonyl (C=O) groups excluding carboxylic acids is 2. The van der Waals surface area contributed by atoms with Crippen LogP contribution in [0.5, 0.6) is 11.5 Å². The van der Waals surface area contributed by atoms with Gasteiger partial charge in [0.1, 0.15) is 6.04 Å². The number of hydrogen-bond donors (Lipinski definition) is 2. The van der Waals surface area contributed by atoms with Gasteiger partial charge in [-0.1, -0.05) is 19.9 Å². The molecule has 1 aromatic carbocycles. The summed E-state index contributed by atoms with van der Waals surface area (Å²) in [6.45, 7) is 4.11. The molecule has 1 aliphatic rings. The van der Waals surface area contributed by atoms with Gasteiger partial charge in [0.2, 0.25) is 5.91 Å². The first-order chi connectivity index (χ1) is 14.8. The second-order valence-electron chi connectivity index (χ2n) is 8.30. The van der Waals surface area contributed by atoms with E-state index in [2.05, 4.69) is 24.2 Å². The molecule has 172 valence electrons. The Morgan fingerprint density at radius 3 is 2.48 bits per heavy atom. The lowest BCUT2D eigenvalue weighted by molar-refractivity contribution is -0.122. The van der Waals surface area contributed by atoms with E-state index >= 15 is 0 Å². The summed E-state index contributed by atoms with van der Waals surface area (Å²) in [5.74, 6) is 3.92. The first-order valence-corrected chi connectivity index (χ1v) is 11.9. The third-order valence-corrected chi connectivity index (χ3v) is 6.32. The molecule has 0 aromatic heterocycles. The molecule has 2 rings (SSSR count). The normalized spacial score (nSPS) is 16.1. The number of methoxy groups -OCH3 is 2. The Morgan fingerprint density at radius 1 is 1.19 bits per heavy atom. The summed E-state index contributed by atoms with van der Waals surface area (Å²) >= 11 is 1.95. The fourth-order valence-electron chi connectivity index (χ4n) is 3.64. The molecule has 1 fully saturated rings. The van der Waals surface area contributed by atoms with Gasteiger partial charge in [-0.25, -0.2) is 4.99 Å². The molecular weight excluding hydrogens is 414 g/mol. The van der Waals surface area contributed by atoms with Crippen molar-refractivity contribution in [1.29, 1.82) is 0 Å². The number of nitrogens with two attached hydrogens (primary N) is 1. The average Bonchev–Trinajstić information content (AvgIpc) is 2.73. The Balaban J connectivity index is 1.99. The van der Waals surface area contributed by atoms with Crippen LogP contribution < -0.4 is 20.5 Å². The van der Waals surface area contributed by atoms with Crippen molar-refractivity contribution in [3.63, 3.8) is 0 Å². The van der Waals surface area contributed by atoms with Crippen molar-refractivity contribution < 1.29 is 19.1 Å². The average molecular weight is 450 g/mol. The van der Waals surface area contributed by atoms with Gasteiger partial charge in [0, 0.05) is 6.42 Å². The van der Waals surface area contributed by atoms with E-state index in [0.717, 1.165) is 29.9 Å². The molecule has 0 unspecified atom stereocenters. The highest BCUT2D eigenvalue weighted by Crippen LogP contribution is 2.28. The summed E-state index contributed by atoms with van der Waals surface area (Å²) in [4.78, 5) is 29.7. The minimum atomic E-state index is -0.518. The molecule has 0 bridgehead atoms. The van der Waals surface area contributed by atoms with Crippen LogP contribution >= 0.6 is 11.8 Å². The summed E-state index contributed by atoms with van der Waals surface area (Å²) in [5, 5.41) is 2.62. The predicted octanol–water partition coefficient (Wildman–Crippen LogP) is 3.19. The number of nitrogens with zero attached hydrogens (tertiary/aromatic N) is 1. The molecule has 8 heteroatoms. The van der Waals surface area contributed by atoms with Crippen molar-refractivity contribution in [1.82, 2.24) is 5.32 Å². The van der Waals surface area contributed by atoms with E-state index in [1.807, 2.05) is 11.8 Å². The van der Waals surface area contributed by atoms with E-state index in [1.54, 1.807) is 32.4 Å². The van der Waals surface area contributed by atoms with Gasteiger partial charge in [0.25, 0.3) is 0 Å². The van der Waals surface area contributed by atoms with E-state index in [0.29, 0.717) is 36.2 Å². The fraction of sp³-hybridized carbons (Fsp3) is 0.609. The van der Waals surface area contributed by atoms with Crippen LogP contribution in [-0.4, -0.2) is 49.4 Å². The molecule has 1 aromatic rings. The van der Waals surface area contributed by atoms with E-state index < -0.39 is 6.04 Å². The first kappa shape index (κ1) is 25.0. The number of nitrogens with one attached hydrogen (secondary N) is 1. The van der Waals surface area contributed by atoms with Crippen molar-refractivity contribution in [2.45, 2.75) is 52.0 Å². The monoisotopic (exact) mass is 449 g/mol. The lowest BCUT2D eigenvalue weighted by Crippen LogP contribution is -2.40. The number of guanidine groups is 1. The molecule has 0 spiro atoms. The van der Waals surface area contributed by atoms with Gasteiger partial charge in [0.15, 0.2) is 23.2 Å². The van der Waals surface area contributed by atoms with E-state index in [4.69, 9.17) is 15.2 Å². The summed E-state index contributed by atoms with van der Waals surface area (Å²) < 4.78 is 10.5. The molecule has 0 radical (unpaired) electrons. The number of aliphatic imine (C=N–C) groups is 1. The third-order valence-electron chi connectivity index (χ3n) is 5.27. The molecule has 1 heterocycles. The standard InChI is InChI=1S/C23H35N3O4S/c1-15(2)11-18(19(27)12-16-7-9-31-10-8-16)25-23(24)26-22(28)14-17-5-6-20(29-3)21(13-17)30-4/h5-6,13,15-16,18H,7-12,14H2,1-4H3,(H3,24,25,26,28)/t18-/m1/s1. The molecule has 31 heavy (non-hydrogen) atoms. The Bertz CT molecular complexity index is 776. The van der Waals surface area contributed by atoms with Gasteiger partial charge in [-0.05, 0) is 60.3 Å². The quantitative estimate of drug-likeness (QED) is 0.420. The second kappa shape index (κ2) is 12.6. The topological polar surface area (TPSA) is 103 Å². The molecule has 1 atom stereocenters. The zero-order valence-corrected chi connectivity index (χ0v) is 19.8. The van der Waals surface area contributed by atoms with Crippen LogP contribution in [0.15, 0.2) is 23.2 Å². The number of ether oxygens (including phenoxy) is 2. The van der Waals surface area contributed by atoms with Crippen molar-refractivity contribution in [3.05, 3.63) is 23.8 Å². The van der Waals surface area contributed by atoms with Gasteiger partial charge in [-0.3, -0.25) is 14.9 Å². The number of hydrogen-bond acceptors (Lipinski definition) is 6. The number of Topliss-reactive ketones (excluding diaryl/α,β-unsaturated/α-hetero) is 1. The largest absolute Gasteiger partial charge is 0.493 e. The number of benzene rings is 1. The lowest BCUT2D eigenvalue weighted by Gasteiger charge is -2.23. The SMILES string of the molecule is COc1ccc(CC(=O)NC(N)=N[C@H](CC(C)C)C(=O)CC2CCSCC2)cc1OC. The Morgan fingerprint density at radius 2 is 1.87 bits per heavy atom. The van der Waals surface area contributed by atoms with Crippen LogP contribution in [0.1, 0.15) is 45.1 Å². The number of amides is 1. The maximum atomic E-state index is 12.9. The first-order valence-electron chi connectivity index (χ1n) is 10.8. The van der Waals surface area contributed by atoms with Gasteiger partial charge in [0.05, 0.1) is 20.6 Å². The van der Waals surface area contributed by atoms with Crippen LogP contribution in [0.3, 0.4) is 0 Å². The molecule has 1 aliphatic heterocycles. The minimum Gasteiger partial charge on any atom is -0.493 e. The zero-order valence-electron chi connectivity index (χ0n) is 19.0. The fourth-order valence-corrected chi connectivity index (χ4v) is 4.84. The third kappa shape index (κ3) is 8.44. The Hall–Kier alpha value is -2.22. The van der Waals surface area contributed by atoms with Gasteiger partial charge in [-0.2, -0.15) is 11.8 Å². The highest BCUT2D eigenvalue weighted by atomic mass is 32.2. The molecule has 0 aliphatic carbocycles. The molecular formula is C23H35N3O4S. The summed E-state index contributed by atoms with van der Waals surface area (Å²) in [5.41, 5.74) is 6.75. The lowest BCUT2D eigenvalue weighted by atomic mass is 9.91. The Kier molecular flexibility index (Phi) is 10.2. The summed E-state index contributed by atoms with van der Waals surface area (Å²) in [6.07, 6.45) is 3.41. The van der Waals surface area contributed by atoms with Gasteiger partial charge in [-0.15, -0.1) is 0 Å². The van der Waals surface area contributed by atoms with Crippen LogP contribution in [0, 0.1) is 11.8 Å². The summed E-state index contributed by atoms with van der Waals surface area (Å²) in [7, 11) is 3.11. The van der Waals surface area contributed by atoms with Crippen LogP contribution in [0.25, 0.3) is 0 Å². The predicted molar refractivity (Wildman–Crippen MR) is 126 cm³/mol. The summed E-state index contributed by atoms with van der Waals surface area (Å²) in [6, 6.07) is 4.78. The van der Waals surface area contributed by atoms with Crippen LogP contribution in [0.4, 0.5) is 0 Å². The second-order valence-corrected chi connectivity index (χ2v) is 9.52. The van der Waals surface area contributed by atoms with Gasteiger partial charge < -0.3 is 15.2 Å². The van der Waals surface area contributed by atoms with Gasteiger partial charge >= 0.3 is 0 Å². The van der Waals surface area contributed by atoms with Crippen molar-refractivity contribution in [2.24, 2.45) is 22.6 Å². The highest BCUT2D eigenvalue weighted by Gasteiger charge is 2.24. The smallest absolute Gasteiger partial charge is 0.231 e. The maximum Gasteiger partial charge on any atom is 0.231 e. The van der Waals surface area contributed by atoms with Crippen molar-refractivity contribution in [2.75, 3.05) is 25.7 Å². The number of carbonyl (C=O) groups is 2. The number of thioether (sulfide) groups is 1. The maximum absolute atomic E-state index is 12.9. The van der Waals surface area contributed by atoms with Crippen LogP contribution in [0.2, 0.25) is 0 Å².